The van der Waals surface area contributed by atoms with Gasteiger partial charge in [-0.1, -0.05) is 12.1 Å². The van der Waals surface area contributed by atoms with Gasteiger partial charge in [0, 0.05) is 38.0 Å². The van der Waals surface area contributed by atoms with Crippen molar-refractivity contribution in [1.82, 2.24) is 14.1 Å². The monoisotopic (exact) mass is 497 g/mol. The summed E-state index contributed by atoms with van der Waals surface area (Å²) in [5, 5.41) is 4.19. The summed E-state index contributed by atoms with van der Waals surface area (Å²) in [7, 11) is -3.70. The van der Waals surface area contributed by atoms with Crippen molar-refractivity contribution < 1.29 is 27.4 Å². The lowest BCUT2D eigenvalue weighted by molar-refractivity contribution is -0.151. The van der Waals surface area contributed by atoms with Crippen LogP contribution in [0.25, 0.3) is 5.69 Å². The van der Waals surface area contributed by atoms with Crippen LogP contribution >= 0.6 is 0 Å². The molecular formula is C25H27N3O6S. The van der Waals surface area contributed by atoms with E-state index in [1.807, 2.05) is 36.5 Å². The van der Waals surface area contributed by atoms with Gasteiger partial charge < -0.3 is 14.2 Å². The molecule has 1 saturated heterocycles. The number of benzene rings is 2. The highest BCUT2D eigenvalue weighted by Crippen LogP contribution is 2.34. The average Bonchev–Trinajstić information content (AvgIpc) is 3.33. The first kappa shape index (κ1) is 23.4. The summed E-state index contributed by atoms with van der Waals surface area (Å²) in [5.74, 6) is 0.376. The topological polar surface area (TPSA) is 100.0 Å². The van der Waals surface area contributed by atoms with E-state index in [4.69, 9.17) is 14.2 Å². The molecule has 1 fully saturated rings. The van der Waals surface area contributed by atoms with Crippen LogP contribution < -0.4 is 9.47 Å². The van der Waals surface area contributed by atoms with Crippen LogP contribution in [0.5, 0.6) is 11.5 Å². The van der Waals surface area contributed by atoms with Gasteiger partial charge in [0.05, 0.1) is 29.7 Å². The SMILES string of the molecule is O=C(OCc1ccc(-n2cccn2)cc1)C1CCN(S(=O)(=O)c2ccc3c(c2)OCCCO3)CC1. The van der Waals surface area contributed by atoms with Crippen molar-refractivity contribution in [2.75, 3.05) is 26.3 Å². The normalized spacial score (nSPS) is 17.0. The van der Waals surface area contributed by atoms with Crippen molar-refractivity contribution in [2.24, 2.45) is 5.92 Å². The molecule has 2 aliphatic heterocycles. The summed E-state index contributed by atoms with van der Waals surface area (Å²) < 4.78 is 46.3. The zero-order chi connectivity index (χ0) is 24.3. The average molecular weight is 498 g/mol. The molecule has 0 unspecified atom stereocenters. The molecule has 35 heavy (non-hydrogen) atoms. The summed E-state index contributed by atoms with van der Waals surface area (Å²) in [6.45, 7) is 1.72. The number of hydrogen-bond donors (Lipinski definition) is 0. The van der Waals surface area contributed by atoms with E-state index in [2.05, 4.69) is 5.10 Å². The van der Waals surface area contributed by atoms with Crippen LogP contribution in [0.1, 0.15) is 24.8 Å². The van der Waals surface area contributed by atoms with E-state index in [1.54, 1.807) is 23.0 Å². The van der Waals surface area contributed by atoms with E-state index < -0.39 is 10.0 Å². The Morgan fingerprint density at radius 3 is 2.49 bits per heavy atom. The molecule has 0 bridgehead atoms. The predicted molar refractivity (Wildman–Crippen MR) is 127 cm³/mol. The second-order valence-electron chi connectivity index (χ2n) is 8.56. The van der Waals surface area contributed by atoms with Crippen molar-refractivity contribution >= 4 is 16.0 Å². The van der Waals surface area contributed by atoms with E-state index >= 15 is 0 Å². The minimum atomic E-state index is -3.70. The Hall–Kier alpha value is -3.37. The van der Waals surface area contributed by atoms with Crippen molar-refractivity contribution in [3.8, 4) is 17.2 Å². The number of esters is 1. The van der Waals surface area contributed by atoms with Crippen molar-refractivity contribution in [1.29, 1.82) is 0 Å². The lowest BCUT2D eigenvalue weighted by atomic mass is 9.98. The fourth-order valence-corrected chi connectivity index (χ4v) is 5.71. The number of hydrogen-bond acceptors (Lipinski definition) is 7. The second kappa shape index (κ2) is 10.1. The van der Waals surface area contributed by atoms with Gasteiger partial charge >= 0.3 is 5.97 Å². The smallest absolute Gasteiger partial charge is 0.309 e. The highest BCUT2D eigenvalue weighted by atomic mass is 32.2. The maximum atomic E-state index is 13.2. The Morgan fingerprint density at radius 1 is 1.03 bits per heavy atom. The number of carbonyl (C=O) groups excluding carboxylic acids is 1. The first-order chi connectivity index (χ1) is 17.0. The lowest BCUT2D eigenvalue weighted by Gasteiger charge is -2.30. The van der Waals surface area contributed by atoms with Gasteiger partial charge in [0.2, 0.25) is 10.0 Å². The summed E-state index contributed by atoms with van der Waals surface area (Å²) >= 11 is 0. The molecule has 10 heteroatoms. The van der Waals surface area contributed by atoms with E-state index in [0.29, 0.717) is 37.6 Å². The van der Waals surface area contributed by atoms with E-state index in [0.717, 1.165) is 17.7 Å². The van der Waals surface area contributed by atoms with Gasteiger partial charge in [-0.15, -0.1) is 0 Å². The van der Waals surface area contributed by atoms with Crippen LogP contribution in [0.4, 0.5) is 0 Å². The molecule has 0 amide bonds. The molecule has 184 valence electrons. The van der Waals surface area contributed by atoms with Crippen LogP contribution in [0.2, 0.25) is 0 Å². The van der Waals surface area contributed by atoms with E-state index in [1.165, 1.54) is 10.4 Å². The molecule has 5 rings (SSSR count). The Labute approximate surface area is 204 Å². The molecule has 1 aromatic heterocycles. The standard InChI is InChI=1S/C25H27N3O6S/c29-25(34-18-19-3-5-21(6-4-19)28-12-1-11-26-28)20-9-13-27(14-10-20)35(30,31)22-7-8-23-24(17-22)33-16-2-15-32-23/h1,3-8,11-12,17,20H,2,9-10,13-16,18H2. The zero-order valence-corrected chi connectivity index (χ0v) is 20.0. The van der Waals surface area contributed by atoms with Gasteiger partial charge in [0.15, 0.2) is 11.5 Å². The fourth-order valence-electron chi connectivity index (χ4n) is 4.22. The lowest BCUT2D eigenvalue weighted by Crippen LogP contribution is -2.40. The molecule has 0 saturated carbocycles. The third-order valence-corrected chi connectivity index (χ3v) is 8.13. The molecule has 0 atom stereocenters. The zero-order valence-electron chi connectivity index (χ0n) is 19.2. The van der Waals surface area contributed by atoms with Gasteiger partial charge in [-0.3, -0.25) is 4.79 Å². The van der Waals surface area contributed by atoms with Crippen molar-refractivity contribution in [3.63, 3.8) is 0 Å². The largest absolute Gasteiger partial charge is 0.490 e. The van der Waals surface area contributed by atoms with Crippen molar-refractivity contribution in [3.05, 3.63) is 66.5 Å². The van der Waals surface area contributed by atoms with Gasteiger partial charge in [-0.2, -0.15) is 9.40 Å². The van der Waals surface area contributed by atoms with Gasteiger partial charge in [0.1, 0.15) is 6.61 Å². The van der Waals surface area contributed by atoms with Crippen molar-refractivity contribution in [2.45, 2.75) is 30.8 Å². The minimum absolute atomic E-state index is 0.168. The molecule has 0 aliphatic carbocycles. The molecule has 2 aliphatic rings. The Bertz CT molecular complexity index is 1270. The number of nitrogens with zero attached hydrogens (tertiary/aromatic N) is 3. The first-order valence-corrected chi connectivity index (χ1v) is 13.1. The number of aromatic nitrogens is 2. The first-order valence-electron chi connectivity index (χ1n) is 11.7. The highest BCUT2D eigenvalue weighted by molar-refractivity contribution is 7.89. The number of piperidine rings is 1. The third kappa shape index (κ3) is 5.18. The number of ether oxygens (including phenoxy) is 3. The van der Waals surface area contributed by atoms with Gasteiger partial charge in [-0.25, -0.2) is 13.1 Å². The molecule has 3 heterocycles. The highest BCUT2D eigenvalue weighted by Gasteiger charge is 2.33. The number of carbonyl (C=O) groups is 1. The maximum absolute atomic E-state index is 13.2. The maximum Gasteiger partial charge on any atom is 0.309 e. The Kier molecular flexibility index (Phi) is 6.74. The van der Waals surface area contributed by atoms with E-state index in [9.17, 15) is 13.2 Å². The predicted octanol–water partition coefficient (Wildman–Crippen LogP) is 3.18. The summed E-state index contributed by atoms with van der Waals surface area (Å²) in [4.78, 5) is 12.8. The number of sulfonamides is 1. The van der Waals surface area contributed by atoms with Crippen LogP contribution in [0.3, 0.4) is 0 Å². The Balaban J connectivity index is 1.15. The molecule has 0 N–H and O–H groups in total. The van der Waals surface area contributed by atoms with E-state index in [-0.39, 0.29) is 36.5 Å². The van der Waals surface area contributed by atoms with Gasteiger partial charge in [0.25, 0.3) is 0 Å². The summed E-state index contributed by atoms with van der Waals surface area (Å²) in [6, 6.07) is 14.2. The molecule has 3 aromatic rings. The molecular weight excluding hydrogens is 470 g/mol. The molecule has 0 spiro atoms. The fraction of sp³-hybridized carbons (Fsp3) is 0.360. The second-order valence-corrected chi connectivity index (χ2v) is 10.5. The quantitative estimate of drug-likeness (QED) is 0.482. The minimum Gasteiger partial charge on any atom is -0.490 e. The summed E-state index contributed by atoms with van der Waals surface area (Å²) in [5.41, 5.74) is 1.80. The molecule has 2 aromatic carbocycles. The summed E-state index contributed by atoms with van der Waals surface area (Å²) in [6.07, 6.45) is 5.15. The number of fused-ring (bicyclic) bond motifs is 1. The molecule has 9 nitrogen and oxygen atoms in total. The van der Waals surface area contributed by atoms with Crippen LogP contribution in [0, 0.1) is 5.92 Å². The number of rotatable bonds is 6. The molecule has 0 radical (unpaired) electrons. The third-order valence-electron chi connectivity index (χ3n) is 6.23. The van der Waals surface area contributed by atoms with Crippen LogP contribution in [-0.2, 0) is 26.2 Å². The van der Waals surface area contributed by atoms with Crippen LogP contribution in [0.15, 0.2) is 65.8 Å². The Morgan fingerprint density at radius 2 is 1.77 bits per heavy atom. The van der Waals surface area contributed by atoms with Gasteiger partial charge in [-0.05, 0) is 48.7 Å². The van der Waals surface area contributed by atoms with Crippen LogP contribution in [-0.4, -0.2) is 54.8 Å².